The molecule has 2 heterocycles. The molecule has 2 saturated heterocycles. The Kier molecular flexibility index (Phi) is 17.0. The fourth-order valence-electron chi connectivity index (χ4n) is 5.13. The standard InChI is InChI=1S/C26H56N6O10/c1-31(11-15(33)13-39-25-19(29)23(37)21(35)17(9-27)41-25)7-5-3-4-6-8-32(2)12-16(34)14-40-26-20(30)24(38)22(36)18(10-28)42-26/h15-26,33-38H,3-14,27-30H2,1-2H3/t15?,16?,17-,18-,19-,20-,21-,22-,23-,24-,25+,26+/m1/s1. The van der Waals surface area contributed by atoms with Crippen molar-refractivity contribution in [1.82, 2.24) is 9.80 Å². The molecule has 0 radical (unpaired) electrons. The minimum Gasteiger partial charge on any atom is -0.389 e. The van der Waals surface area contributed by atoms with Crippen molar-refractivity contribution in [1.29, 1.82) is 0 Å². The van der Waals surface area contributed by atoms with E-state index in [4.69, 9.17) is 41.9 Å². The van der Waals surface area contributed by atoms with Crippen molar-refractivity contribution in [2.45, 2.75) is 99.2 Å². The van der Waals surface area contributed by atoms with E-state index in [0.717, 1.165) is 38.8 Å². The summed E-state index contributed by atoms with van der Waals surface area (Å²) in [6.45, 7) is 2.31. The normalized spacial score (nSPS) is 35.6. The molecule has 0 amide bonds. The van der Waals surface area contributed by atoms with E-state index in [-0.39, 0.29) is 26.3 Å². The van der Waals surface area contributed by atoms with E-state index >= 15 is 0 Å². The van der Waals surface area contributed by atoms with Gasteiger partial charge in [0, 0.05) is 26.2 Å². The highest BCUT2D eigenvalue weighted by molar-refractivity contribution is 4.93. The number of hydrogen-bond acceptors (Lipinski definition) is 16. The molecule has 0 spiro atoms. The third-order valence-electron chi connectivity index (χ3n) is 7.74. The third-order valence-corrected chi connectivity index (χ3v) is 7.74. The fourth-order valence-corrected chi connectivity index (χ4v) is 5.13. The summed E-state index contributed by atoms with van der Waals surface area (Å²) < 4.78 is 22.2. The Morgan fingerprint density at radius 3 is 1.33 bits per heavy atom. The largest absolute Gasteiger partial charge is 0.389 e. The summed E-state index contributed by atoms with van der Waals surface area (Å²) in [5, 5.41) is 60.7. The molecule has 2 rings (SSSR count). The van der Waals surface area contributed by atoms with Crippen molar-refractivity contribution in [2.24, 2.45) is 22.9 Å². The molecule has 16 heteroatoms. The summed E-state index contributed by atoms with van der Waals surface area (Å²) in [6, 6.07) is -1.90. The number of aliphatic hydroxyl groups excluding tert-OH is 6. The molecule has 2 aliphatic heterocycles. The molecular weight excluding hydrogens is 556 g/mol. The van der Waals surface area contributed by atoms with Crippen LogP contribution in [0.15, 0.2) is 0 Å². The van der Waals surface area contributed by atoms with Crippen LogP contribution >= 0.6 is 0 Å². The van der Waals surface area contributed by atoms with Gasteiger partial charge in [0.15, 0.2) is 12.6 Å². The van der Waals surface area contributed by atoms with E-state index in [1.165, 1.54) is 0 Å². The summed E-state index contributed by atoms with van der Waals surface area (Å²) in [5.41, 5.74) is 22.9. The first-order valence-corrected chi connectivity index (χ1v) is 14.8. The zero-order chi connectivity index (χ0) is 31.4. The van der Waals surface area contributed by atoms with E-state index < -0.39 is 73.5 Å². The van der Waals surface area contributed by atoms with Crippen LogP contribution in [0.25, 0.3) is 0 Å². The van der Waals surface area contributed by atoms with Gasteiger partial charge in [0.05, 0.1) is 37.5 Å². The molecule has 16 nitrogen and oxygen atoms in total. The summed E-state index contributed by atoms with van der Waals surface area (Å²) in [7, 11) is 3.83. The van der Waals surface area contributed by atoms with Crippen LogP contribution in [0.3, 0.4) is 0 Å². The lowest BCUT2D eigenvalue weighted by molar-refractivity contribution is -0.262. The summed E-state index contributed by atoms with van der Waals surface area (Å²) in [4.78, 5) is 4.02. The average Bonchev–Trinajstić information content (AvgIpc) is 2.95. The van der Waals surface area contributed by atoms with Gasteiger partial charge < -0.3 is 82.3 Å². The second kappa shape index (κ2) is 19.0. The number of nitrogens with zero attached hydrogens (tertiary/aromatic N) is 2. The smallest absolute Gasteiger partial charge is 0.175 e. The zero-order valence-electron chi connectivity index (χ0n) is 24.9. The third kappa shape index (κ3) is 11.7. The quantitative estimate of drug-likeness (QED) is 0.0610. The van der Waals surface area contributed by atoms with E-state index in [2.05, 4.69) is 0 Å². The summed E-state index contributed by atoms with van der Waals surface area (Å²) >= 11 is 0. The molecule has 42 heavy (non-hydrogen) atoms. The van der Waals surface area contributed by atoms with Gasteiger partial charge in [-0.25, -0.2) is 0 Å². The highest BCUT2D eigenvalue weighted by Gasteiger charge is 2.44. The van der Waals surface area contributed by atoms with E-state index in [1.807, 2.05) is 23.9 Å². The maximum atomic E-state index is 10.3. The van der Waals surface area contributed by atoms with Crippen molar-refractivity contribution >= 4 is 0 Å². The Bertz CT molecular complexity index is 673. The topological polar surface area (TPSA) is 269 Å². The molecule has 12 atom stereocenters. The zero-order valence-corrected chi connectivity index (χ0v) is 24.9. The van der Waals surface area contributed by atoms with E-state index in [1.54, 1.807) is 0 Å². The van der Waals surface area contributed by atoms with Crippen molar-refractivity contribution < 1.29 is 49.6 Å². The predicted octanol–water partition coefficient (Wildman–Crippen LogP) is -5.37. The van der Waals surface area contributed by atoms with Crippen LogP contribution < -0.4 is 22.9 Å². The summed E-state index contributed by atoms with van der Waals surface area (Å²) in [5.74, 6) is 0. The van der Waals surface area contributed by atoms with Gasteiger partial charge in [0.2, 0.25) is 0 Å². The van der Waals surface area contributed by atoms with Gasteiger partial charge in [-0.15, -0.1) is 0 Å². The van der Waals surface area contributed by atoms with Crippen LogP contribution in [-0.4, -0.2) is 181 Å². The first kappa shape index (κ1) is 37.5. The highest BCUT2D eigenvalue weighted by atomic mass is 16.7. The second-order valence-electron chi connectivity index (χ2n) is 11.6. The Labute approximate surface area is 248 Å². The van der Waals surface area contributed by atoms with Crippen LogP contribution in [0, 0.1) is 0 Å². The van der Waals surface area contributed by atoms with Gasteiger partial charge in [-0.05, 0) is 40.0 Å². The van der Waals surface area contributed by atoms with Crippen molar-refractivity contribution in [3.8, 4) is 0 Å². The molecule has 2 aliphatic rings. The lowest BCUT2D eigenvalue weighted by Gasteiger charge is -2.40. The van der Waals surface area contributed by atoms with E-state index in [9.17, 15) is 30.6 Å². The van der Waals surface area contributed by atoms with E-state index in [0.29, 0.717) is 13.1 Å². The van der Waals surface area contributed by atoms with Gasteiger partial charge in [0.25, 0.3) is 0 Å². The lowest BCUT2D eigenvalue weighted by Crippen LogP contribution is -2.63. The Morgan fingerprint density at radius 2 is 1.00 bits per heavy atom. The van der Waals surface area contributed by atoms with Crippen LogP contribution in [0.4, 0.5) is 0 Å². The molecule has 0 aliphatic carbocycles. The molecule has 250 valence electrons. The Balaban J connectivity index is 1.52. The molecule has 2 unspecified atom stereocenters. The first-order chi connectivity index (χ1) is 19.9. The van der Waals surface area contributed by atoms with Crippen LogP contribution in [0.1, 0.15) is 25.7 Å². The van der Waals surface area contributed by atoms with Crippen LogP contribution in [0.5, 0.6) is 0 Å². The maximum absolute atomic E-state index is 10.3. The van der Waals surface area contributed by atoms with Crippen molar-refractivity contribution in [3.63, 3.8) is 0 Å². The van der Waals surface area contributed by atoms with Gasteiger partial charge >= 0.3 is 0 Å². The molecule has 0 saturated carbocycles. The van der Waals surface area contributed by atoms with Gasteiger partial charge in [0.1, 0.15) is 36.6 Å². The molecular formula is C26H56N6O10. The minimum absolute atomic E-state index is 0.00482. The number of unbranched alkanes of at least 4 members (excludes halogenated alkanes) is 3. The van der Waals surface area contributed by atoms with Crippen LogP contribution in [-0.2, 0) is 18.9 Å². The fraction of sp³-hybridized carbons (Fsp3) is 1.00. The second-order valence-corrected chi connectivity index (χ2v) is 11.6. The first-order valence-electron chi connectivity index (χ1n) is 14.8. The average molecular weight is 613 g/mol. The number of nitrogens with two attached hydrogens (primary N) is 4. The molecule has 2 fully saturated rings. The van der Waals surface area contributed by atoms with Crippen molar-refractivity contribution in [3.05, 3.63) is 0 Å². The number of likely N-dealkylation sites (N-methyl/N-ethyl adjacent to an activating group) is 2. The Hall–Kier alpha value is -0.640. The molecule has 0 aromatic heterocycles. The monoisotopic (exact) mass is 612 g/mol. The summed E-state index contributed by atoms with van der Waals surface area (Å²) in [6.07, 6.45) is -5.99. The lowest BCUT2D eigenvalue weighted by atomic mass is 9.97. The van der Waals surface area contributed by atoms with Crippen LogP contribution in [0.2, 0.25) is 0 Å². The highest BCUT2D eigenvalue weighted by Crippen LogP contribution is 2.21. The minimum atomic E-state index is -1.23. The van der Waals surface area contributed by atoms with Gasteiger partial charge in [-0.2, -0.15) is 0 Å². The SMILES string of the molecule is CN(CCCCCCN(C)CC(O)CO[C@H]1O[C@H](CN)[C@@H](O)[C@H](O)[C@H]1N)CC(O)CO[C@H]1O[C@H](CN)[C@@H](O)[C@H](O)[C@H]1N. The number of rotatable bonds is 19. The molecule has 14 N–H and O–H groups in total. The maximum Gasteiger partial charge on any atom is 0.175 e. The number of aliphatic hydroxyl groups is 6. The van der Waals surface area contributed by atoms with Gasteiger partial charge in [-0.1, -0.05) is 12.8 Å². The predicted molar refractivity (Wildman–Crippen MR) is 153 cm³/mol. The molecule has 0 aromatic rings. The molecule has 0 bridgehead atoms. The number of hydrogen-bond donors (Lipinski definition) is 10. The number of ether oxygens (including phenoxy) is 4. The van der Waals surface area contributed by atoms with Crippen molar-refractivity contribution in [2.75, 3.05) is 66.6 Å². The van der Waals surface area contributed by atoms with Gasteiger partial charge in [-0.3, -0.25) is 0 Å². The Morgan fingerprint density at radius 1 is 0.643 bits per heavy atom. The molecule has 0 aromatic carbocycles.